The fraction of sp³-hybridized carbons (Fsp3) is 0.300. The van der Waals surface area contributed by atoms with Crippen LogP contribution in [-0.4, -0.2) is 25.2 Å². The highest BCUT2D eigenvalue weighted by molar-refractivity contribution is 7.73. The number of nitrogens with one attached hydrogen (secondary N) is 2. The van der Waals surface area contributed by atoms with Gasteiger partial charge in [-0.25, -0.2) is 0 Å². The first-order chi connectivity index (χ1) is 7.29. The normalized spacial score (nSPS) is 10.7. The standard InChI is InChI=1S/C10H12N2OS2/c1-11-4-5-13-7-2-3-8-9(6-7)15-10(14)12-8/h2-3,6,11H,4-5H2,1H3,(H,12,14). The molecule has 5 heteroatoms. The van der Waals surface area contributed by atoms with Gasteiger partial charge in [-0.05, 0) is 37.5 Å². The van der Waals surface area contributed by atoms with Gasteiger partial charge in [-0.1, -0.05) is 0 Å². The molecule has 1 heterocycles. The summed E-state index contributed by atoms with van der Waals surface area (Å²) in [6, 6.07) is 5.97. The minimum Gasteiger partial charge on any atom is -0.492 e. The van der Waals surface area contributed by atoms with E-state index in [1.165, 1.54) is 0 Å². The Morgan fingerprint density at radius 3 is 3.20 bits per heavy atom. The minimum atomic E-state index is 0.678. The number of hydrogen-bond donors (Lipinski definition) is 2. The molecule has 0 amide bonds. The first kappa shape index (κ1) is 10.6. The zero-order valence-electron chi connectivity index (χ0n) is 8.37. The molecule has 0 radical (unpaired) electrons. The van der Waals surface area contributed by atoms with Crippen LogP contribution in [0.25, 0.3) is 10.2 Å². The predicted molar refractivity (Wildman–Crippen MR) is 66.4 cm³/mol. The number of aromatic nitrogens is 1. The van der Waals surface area contributed by atoms with Gasteiger partial charge in [0.25, 0.3) is 0 Å². The van der Waals surface area contributed by atoms with Crippen molar-refractivity contribution < 1.29 is 4.74 Å². The number of rotatable bonds is 4. The lowest BCUT2D eigenvalue weighted by Crippen LogP contribution is -2.15. The molecule has 0 bridgehead atoms. The maximum Gasteiger partial charge on any atom is 0.159 e. The lowest BCUT2D eigenvalue weighted by molar-refractivity contribution is 0.319. The number of hydrogen-bond acceptors (Lipinski definition) is 4. The second-order valence-electron chi connectivity index (χ2n) is 3.12. The number of benzene rings is 1. The summed E-state index contributed by atoms with van der Waals surface area (Å²) in [4.78, 5) is 3.12. The van der Waals surface area contributed by atoms with Crippen LogP contribution >= 0.6 is 23.6 Å². The number of ether oxygens (including phenoxy) is 1. The second-order valence-corrected chi connectivity index (χ2v) is 4.84. The molecule has 15 heavy (non-hydrogen) atoms. The van der Waals surface area contributed by atoms with Gasteiger partial charge in [-0.2, -0.15) is 0 Å². The maximum atomic E-state index is 5.56. The Labute approximate surface area is 97.1 Å². The third kappa shape index (κ3) is 2.56. The van der Waals surface area contributed by atoms with Gasteiger partial charge in [-0.3, -0.25) is 0 Å². The highest BCUT2D eigenvalue weighted by atomic mass is 32.1. The van der Waals surface area contributed by atoms with E-state index in [4.69, 9.17) is 17.0 Å². The Bertz CT molecular complexity index is 503. The lowest BCUT2D eigenvalue weighted by atomic mass is 10.3. The fourth-order valence-electron chi connectivity index (χ4n) is 1.29. The third-order valence-corrected chi connectivity index (χ3v) is 3.21. The van der Waals surface area contributed by atoms with E-state index < -0.39 is 0 Å². The van der Waals surface area contributed by atoms with E-state index in [0.29, 0.717) is 6.61 Å². The molecule has 2 rings (SSSR count). The Balaban J connectivity index is 2.19. The van der Waals surface area contributed by atoms with Crippen molar-refractivity contribution in [2.24, 2.45) is 0 Å². The Morgan fingerprint density at radius 1 is 1.53 bits per heavy atom. The van der Waals surface area contributed by atoms with Crippen molar-refractivity contribution in [1.29, 1.82) is 0 Å². The van der Waals surface area contributed by atoms with E-state index in [-0.39, 0.29) is 0 Å². The first-order valence-corrected chi connectivity index (χ1v) is 5.92. The van der Waals surface area contributed by atoms with Gasteiger partial charge in [0.05, 0.1) is 10.2 Å². The quantitative estimate of drug-likeness (QED) is 0.637. The molecule has 2 aromatic rings. The van der Waals surface area contributed by atoms with Crippen LogP contribution in [0.2, 0.25) is 0 Å². The van der Waals surface area contributed by atoms with Crippen LogP contribution in [0.1, 0.15) is 0 Å². The largest absolute Gasteiger partial charge is 0.492 e. The highest BCUT2D eigenvalue weighted by Crippen LogP contribution is 2.24. The lowest BCUT2D eigenvalue weighted by Gasteiger charge is -2.04. The van der Waals surface area contributed by atoms with Crippen molar-refractivity contribution in [1.82, 2.24) is 10.3 Å². The molecule has 0 saturated heterocycles. The van der Waals surface area contributed by atoms with E-state index in [0.717, 1.165) is 26.5 Å². The van der Waals surface area contributed by atoms with Crippen LogP contribution in [0.5, 0.6) is 5.75 Å². The molecule has 80 valence electrons. The van der Waals surface area contributed by atoms with Gasteiger partial charge < -0.3 is 15.0 Å². The molecule has 0 aliphatic rings. The Hall–Kier alpha value is -0.910. The number of likely N-dealkylation sites (N-methyl/N-ethyl adjacent to an activating group) is 1. The predicted octanol–water partition coefficient (Wildman–Crippen LogP) is 2.56. The van der Waals surface area contributed by atoms with Crippen molar-refractivity contribution in [2.45, 2.75) is 0 Å². The Kier molecular flexibility index (Phi) is 3.35. The molecule has 0 aliphatic carbocycles. The topological polar surface area (TPSA) is 37.0 Å². The molecule has 0 saturated carbocycles. The average molecular weight is 240 g/mol. The minimum absolute atomic E-state index is 0.678. The van der Waals surface area contributed by atoms with Gasteiger partial charge in [0.15, 0.2) is 3.95 Å². The smallest absolute Gasteiger partial charge is 0.159 e. The fourth-order valence-corrected chi connectivity index (χ4v) is 2.43. The zero-order valence-corrected chi connectivity index (χ0v) is 10.0. The highest BCUT2D eigenvalue weighted by Gasteiger charge is 1.99. The molecule has 3 nitrogen and oxygen atoms in total. The van der Waals surface area contributed by atoms with E-state index in [1.54, 1.807) is 11.3 Å². The average Bonchev–Trinajstić information content (AvgIpc) is 2.57. The van der Waals surface area contributed by atoms with E-state index in [2.05, 4.69) is 10.3 Å². The van der Waals surface area contributed by atoms with E-state index in [1.807, 2.05) is 25.2 Å². The number of thiazole rings is 1. The SMILES string of the molecule is CNCCOc1ccc2[nH]c(=S)sc2c1. The van der Waals surface area contributed by atoms with Gasteiger partial charge in [0.1, 0.15) is 12.4 Å². The van der Waals surface area contributed by atoms with Crippen LogP contribution in [0.15, 0.2) is 18.2 Å². The van der Waals surface area contributed by atoms with Crippen LogP contribution in [0.4, 0.5) is 0 Å². The molecule has 0 unspecified atom stereocenters. The maximum absolute atomic E-state index is 5.56. The van der Waals surface area contributed by atoms with E-state index >= 15 is 0 Å². The number of fused-ring (bicyclic) bond motifs is 1. The summed E-state index contributed by atoms with van der Waals surface area (Å²) in [7, 11) is 1.91. The first-order valence-electron chi connectivity index (χ1n) is 4.70. The summed E-state index contributed by atoms with van der Waals surface area (Å²) < 4.78 is 7.50. The van der Waals surface area contributed by atoms with Gasteiger partial charge in [0, 0.05) is 6.54 Å². The summed E-state index contributed by atoms with van der Waals surface area (Å²) >= 11 is 6.64. The van der Waals surface area contributed by atoms with Gasteiger partial charge in [-0.15, -0.1) is 11.3 Å². The molecular formula is C10H12N2OS2. The summed E-state index contributed by atoms with van der Waals surface area (Å²) in [5.41, 5.74) is 1.07. The zero-order chi connectivity index (χ0) is 10.7. The van der Waals surface area contributed by atoms with Crippen molar-refractivity contribution in [3.05, 3.63) is 22.2 Å². The summed E-state index contributed by atoms with van der Waals surface area (Å²) in [5, 5.41) is 3.03. The molecule has 2 N–H and O–H groups in total. The summed E-state index contributed by atoms with van der Waals surface area (Å²) in [5.74, 6) is 0.892. The van der Waals surface area contributed by atoms with Crippen molar-refractivity contribution in [2.75, 3.05) is 20.2 Å². The van der Waals surface area contributed by atoms with Crippen LogP contribution in [0, 0.1) is 3.95 Å². The van der Waals surface area contributed by atoms with Crippen LogP contribution < -0.4 is 10.1 Å². The number of H-pyrrole nitrogens is 1. The van der Waals surface area contributed by atoms with Gasteiger partial charge >= 0.3 is 0 Å². The van der Waals surface area contributed by atoms with Crippen LogP contribution in [-0.2, 0) is 0 Å². The van der Waals surface area contributed by atoms with Crippen LogP contribution in [0.3, 0.4) is 0 Å². The van der Waals surface area contributed by atoms with Gasteiger partial charge in [0.2, 0.25) is 0 Å². The molecule has 0 atom stereocenters. The molecule has 0 aliphatic heterocycles. The third-order valence-electron chi connectivity index (χ3n) is 2.01. The van der Waals surface area contributed by atoms with Crippen molar-refractivity contribution >= 4 is 33.8 Å². The second kappa shape index (κ2) is 4.74. The number of aromatic amines is 1. The molecular weight excluding hydrogens is 228 g/mol. The van der Waals surface area contributed by atoms with Crippen molar-refractivity contribution in [3.63, 3.8) is 0 Å². The Morgan fingerprint density at radius 2 is 2.40 bits per heavy atom. The molecule has 0 fully saturated rings. The summed E-state index contributed by atoms with van der Waals surface area (Å²) in [6.07, 6.45) is 0. The monoisotopic (exact) mass is 240 g/mol. The van der Waals surface area contributed by atoms with Crippen molar-refractivity contribution in [3.8, 4) is 5.75 Å². The molecule has 1 aromatic heterocycles. The van der Waals surface area contributed by atoms with E-state index in [9.17, 15) is 0 Å². The molecule has 1 aromatic carbocycles. The molecule has 0 spiro atoms. The summed E-state index contributed by atoms with van der Waals surface area (Å²) in [6.45, 7) is 1.53.